The minimum absolute atomic E-state index is 0.795. The van der Waals surface area contributed by atoms with Crippen LogP contribution in [0.3, 0.4) is 0 Å². The van der Waals surface area contributed by atoms with E-state index in [1.807, 2.05) is 0 Å². The standard InChI is InChI=1S/C17H27N/c1-2-3-13-18-17-11-9-16(10-12-17)14-15-7-5-4-6-8-15/h4-8,16-18H,2-3,9-14H2,1H3. The Morgan fingerprint density at radius 2 is 1.78 bits per heavy atom. The number of hydrogen-bond donors (Lipinski definition) is 1. The molecule has 2 rings (SSSR count). The lowest BCUT2D eigenvalue weighted by Gasteiger charge is -2.29. The Morgan fingerprint density at radius 1 is 1.06 bits per heavy atom. The van der Waals surface area contributed by atoms with Crippen molar-refractivity contribution in [2.24, 2.45) is 5.92 Å². The van der Waals surface area contributed by atoms with Crippen molar-refractivity contribution in [3.05, 3.63) is 35.9 Å². The summed E-state index contributed by atoms with van der Waals surface area (Å²) in [6, 6.07) is 11.8. The Hall–Kier alpha value is -0.820. The quantitative estimate of drug-likeness (QED) is 0.741. The zero-order chi connectivity index (χ0) is 12.6. The minimum atomic E-state index is 0.795. The molecule has 1 fully saturated rings. The van der Waals surface area contributed by atoms with Gasteiger partial charge in [-0.2, -0.15) is 0 Å². The van der Waals surface area contributed by atoms with Gasteiger partial charge in [-0.05, 0) is 56.6 Å². The van der Waals surface area contributed by atoms with Crippen molar-refractivity contribution in [2.75, 3.05) is 6.54 Å². The van der Waals surface area contributed by atoms with Crippen LogP contribution in [0.4, 0.5) is 0 Å². The smallest absolute Gasteiger partial charge is 0.00672 e. The summed E-state index contributed by atoms with van der Waals surface area (Å²) < 4.78 is 0. The topological polar surface area (TPSA) is 12.0 Å². The van der Waals surface area contributed by atoms with E-state index < -0.39 is 0 Å². The van der Waals surface area contributed by atoms with Crippen LogP contribution in [-0.4, -0.2) is 12.6 Å². The van der Waals surface area contributed by atoms with Gasteiger partial charge in [-0.15, -0.1) is 0 Å². The lowest BCUT2D eigenvalue weighted by molar-refractivity contribution is 0.290. The average molecular weight is 245 g/mol. The van der Waals surface area contributed by atoms with E-state index in [0.29, 0.717) is 0 Å². The first-order valence-electron chi connectivity index (χ1n) is 7.65. The van der Waals surface area contributed by atoms with Crippen LogP contribution in [0.1, 0.15) is 51.0 Å². The predicted octanol–water partition coefficient (Wildman–Crippen LogP) is 4.18. The van der Waals surface area contributed by atoms with Crippen molar-refractivity contribution in [3.8, 4) is 0 Å². The molecule has 0 amide bonds. The van der Waals surface area contributed by atoms with E-state index in [4.69, 9.17) is 0 Å². The Kier molecular flexibility index (Phi) is 5.73. The fourth-order valence-electron chi connectivity index (χ4n) is 3.00. The van der Waals surface area contributed by atoms with E-state index in [2.05, 4.69) is 42.6 Å². The second kappa shape index (κ2) is 7.58. The van der Waals surface area contributed by atoms with Crippen LogP contribution in [0.15, 0.2) is 30.3 Å². The Labute approximate surface area is 112 Å². The summed E-state index contributed by atoms with van der Waals surface area (Å²) in [5.74, 6) is 0.914. The van der Waals surface area contributed by atoms with Gasteiger partial charge in [0.25, 0.3) is 0 Å². The molecule has 0 heterocycles. The zero-order valence-electron chi connectivity index (χ0n) is 11.7. The average Bonchev–Trinajstić information content (AvgIpc) is 2.42. The summed E-state index contributed by atoms with van der Waals surface area (Å²) in [4.78, 5) is 0. The Bertz CT molecular complexity index is 312. The third kappa shape index (κ3) is 4.45. The van der Waals surface area contributed by atoms with E-state index >= 15 is 0 Å². The van der Waals surface area contributed by atoms with E-state index in [0.717, 1.165) is 12.0 Å². The van der Waals surface area contributed by atoms with Crippen molar-refractivity contribution in [2.45, 2.75) is 57.9 Å². The maximum Gasteiger partial charge on any atom is 0.00672 e. The molecule has 0 spiro atoms. The van der Waals surface area contributed by atoms with Gasteiger partial charge in [-0.25, -0.2) is 0 Å². The summed E-state index contributed by atoms with van der Waals surface area (Å²) in [7, 11) is 0. The first-order chi connectivity index (χ1) is 8.88. The van der Waals surface area contributed by atoms with Crippen LogP contribution in [0.2, 0.25) is 0 Å². The van der Waals surface area contributed by atoms with Crippen molar-refractivity contribution < 1.29 is 0 Å². The minimum Gasteiger partial charge on any atom is -0.314 e. The molecule has 1 aromatic carbocycles. The molecule has 0 unspecified atom stereocenters. The number of hydrogen-bond acceptors (Lipinski definition) is 1. The fraction of sp³-hybridized carbons (Fsp3) is 0.647. The Balaban J connectivity index is 1.67. The summed E-state index contributed by atoms with van der Waals surface area (Å²) >= 11 is 0. The molecule has 0 aliphatic heterocycles. The van der Waals surface area contributed by atoms with Gasteiger partial charge < -0.3 is 5.32 Å². The first kappa shape index (κ1) is 13.6. The highest BCUT2D eigenvalue weighted by Gasteiger charge is 2.20. The van der Waals surface area contributed by atoms with Crippen LogP contribution >= 0.6 is 0 Å². The zero-order valence-corrected chi connectivity index (χ0v) is 11.7. The number of unbranched alkanes of at least 4 members (excludes halogenated alkanes) is 1. The highest BCUT2D eigenvalue weighted by atomic mass is 14.9. The molecule has 1 N–H and O–H groups in total. The van der Waals surface area contributed by atoms with E-state index in [-0.39, 0.29) is 0 Å². The van der Waals surface area contributed by atoms with Gasteiger partial charge in [0.2, 0.25) is 0 Å². The SMILES string of the molecule is CCCCNC1CCC(Cc2ccccc2)CC1. The predicted molar refractivity (Wildman–Crippen MR) is 78.8 cm³/mol. The van der Waals surface area contributed by atoms with Crippen LogP contribution in [0.25, 0.3) is 0 Å². The molecule has 1 aromatic rings. The van der Waals surface area contributed by atoms with Crippen LogP contribution in [-0.2, 0) is 6.42 Å². The van der Waals surface area contributed by atoms with Gasteiger partial charge in [0.1, 0.15) is 0 Å². The highest BCUT2D eigenvalue weighted by molar-refractivity contribution is 5.15. The highest BCUT2D eigenvalue weighted by Crippen LogP contribution is 2.27. The number of nitrogens with one attached hydrogen (secondary N) is 1. The number of benzene rings is 1. The maximum absolute atomic E-state index is 3.71. The Morgan fingerprint density at radius 3 is 2.44 bits per heavy atom. The fourth-order valence-corrected chi connectivity index (χ4v) is 3.00. The third-order valence-electron chi connectivity index (χ3n) is 4.18. The van der Waals surface area contributed by atoms with Crippen molar-refractivity contribution in [1.82, 2.24) is 5.32 Å². The lowest BCUT2D eigenvalue weighted by Crippen LogP contribution is -2.34. The molecular formula is C17H27N. The molecule has 18 heavy (non-hydrogen) atoms. The van der Waals surface area contributed by atoms with Gasteiger partial charge in [0.15, 0.2) is 0 Å². The molecule has 100 valence electrons. The van der Waals surface area contributed by atoms with Crippen LogP contribution < -0.4 is 5.32 Å². The van der Waals surface area contributed by atoms with Gasteiger partial charge in [-0.1, -0.05) is 43.7 Å². The first-order valence-corrected chi connectivity index (χ1v) is 7.65. The molecular weight excluding hydrogens is 218 g/mol. The van der Waals surface area contributed by atoms with Gasteiger partial charge in [0, 0.05) is 6.04 Å². The second-order valence-corrected chi connectivity index (χ2v) is 5.72. The second-order valence-electron chi connectivity index (χ2n) is 5.72. The van der Waals surface area contributed by atoms with Crippen LogP contribution in [0, 0.1) is 5.92 Å². The lowest BCUT2D eigenvalue weighted by atomic mass is 9.82. The molecule has 1 aliphatic rings. The van der Waals surface area contributed by atoms with Gasteiger partial charge in [-0.3, -0.25) is 0 Å². The molecule has 1 aliphatic carbocycles. The summed E-state index contributed by atoms with van der Waals surface area (Å²) in [6.07, 6.45) is 9.46. The number of rotatable bonds is 6. The van der Waals surface area contributed by atoms with E-state index in [1.165, 1.54) is 57.1 Å². The van der Waals surface area contributed by atoms with Crippen molar-refractivity contribution in [1.29, 1.82) is 0 Å². The van der Waals surface area contributed by atoms with Crippen molar-refractivity contribution >= 4 is 0 Å². The molecule has 1 heteroatoms. The summed E-state index contributed by atoms with van der Waals surface area (Å²) in [6.45, 7) is 3.48. The molecule has 0 atom stereocenters. The van der Waals surface area contributed by atoms with Gasteiger partial charge >= 0.3 is 0 Å². The summed E-state index contributed by atoms with van der Waals surface area (Å²) in [5.41, 5.74) is 1.51. The normalized spacial score (nSPS) is 24.1. The summed E-state index contributed by atoms with van der Waals surface area (Å²) in [5, 5.41) is 3.71. The van der Waals surface area contributed by atoms with Gasteiger partial charge in [0.05, 0.1) is 0 Å². The van der Waals surface area contributed by atoms with E-state index in [9.17, 15) is 0 Å². The molecule has 0 aromatic heterocycles. The molecule has 1 nitrogen and oxygen atoms in total. The van der Waals surface area contributed by atoms with Crippen molar-refractivity contribution in [3.63, 3.8) is 0 Å². The maximum atomic E-state index is 3.71. The van der Waals surface area contributed by atoms with E-state index in [1.54, 1.807) is 0 Å². The molecule has 0 bridgehead atoms. The molecule has 0 radical (unpaired) electrons. The largest absolute Gasteiger partial charge is 0.314 e. The monoisotopic (exact) mass is 245 g/mol. The molecule has 0 saturated heterocycles. The van der Waals surface area contributed by atoms with Crippen LogP contribution in [0.5, 0.6) is 0 Å². The third-order valence-corrected chi connectivity index (χ3v) is 4.18. The molecule has 1 saturated carbocycles.